The van der Waals surface area contributed by atoms with Crippen molar-refractivity contribution in [2.45, 2.75) is 26.7 Å². The molecular weight excluding hydrogens is 806 g/mol. The van der Waals surface area contributed by atoms with Gasteiger partial charge in [-0.25, -0.2) is 0 Å². The van der Waals surface area contributed by atoms with Gasteiger partial charge in [0.05, 0.1) is 0 Å². The monoisotopic (exact) mass is 846 g/mol. The van der Waals surface area contributed by atoms with Crippen molar-refractivity contribution in [3.8, 4) is 0 Å². The summed E-state index contributed by atoms with van der Waals surface area (Å²) in [5, 5.41) is 5.30. The van der Waals surface area contributed by atoms with E-state index in [1.807, 2.05) is 0 Å². The first-order valence-corrected chi connectivity index (χ1v) is 31.9. The van der Waals surface area contributed by atoms with Crippen LogP contribution in [0.3, 0.4) is 0 Å². The summed E-state index contributed by atoms with van der Waals surface area (Å²) in [5.74, 6) is 0. The number of rotatable bonds is 6. The number of hydrogen-bond donors (Lipinski definition) is 0. The first-order chi connectivity index (χ1) is 22.5. The number of fused-ring (bicyclic) bond motifs is 2. The first-order valence-electron chi connectivity index (χ1n) is 16.4. The van der Waals surface area contributed by atoms with Crippen LogP contribution in [0.15, 0.2) is 176 Å². The molecule has 0 spiro atoms. The fourth-order valence-corrected chi connectivity index (χ4v) is 44.3. The third kappa shape index (κ3) is 5.20. The van der Waals surface area contributed by atoms with Gasteiger partial charge in [0.25, 0.3) is 0 Å². The molecule has 0 nitrogen and oxygen atoms in total. The zero-order valence-corrected chi connectivity index (χ0v) is 34.1. The first kappa shape index (κ1) is 34.3. The molecule has 0 amide bonds. The van der Waals surface area contributed by atoms with E-state index in [4.69, 9.17) is 0 Å². The van der Waals surface area contributed by atoms with Crippen molar-refractivity contribution < 1.29 is 17.1 Å². The van der Waals surface area contributed by atoms with Gasteiger partial charge in [-0.3, -0.25) is 0 Å². The van der Waals surface area contributed by atoms with Crippen molar-refractivity contribution in [1.82, 2.24) is 0 Å². The molecule has 0 aromatic heterocycles. The van der Waals surface area contributed by atoms with Gasteiger partial charge < -0.3 is 0 Å². The quantitative estimate of drug-likeness (QED) is 0.147. The summed E-state index contributed by atoms with van der Waals surface area (Å²) < 4.78 is 6.48. The van der Waals surface area contributed by atoms with Gasteiger partial charge in [-0.2, -0.15) is 0 Å². The third-order valence-corrected chi connectivity index (χ3v) is 49.8. The van der Waals surface area contributed by atoms with Crippen LogP contribution < -0.4 is 6.64 Å². The van der Waals surface area contributed by atoms with Crippen molar-refractivity contribution in [1.29, 1.82) is 0 Å². The van der Waals surface area contributed by atoms with E-state index in [2.05, 4.69) is 179 Å². The molecule has 238 valence electrons. The SMILES string of the molecule is CC1=[C]([Hf](=[SiH2])([C]2=C(C)C=C(c3cccc4ccccc34)C2)([c]2ccccc2)[c]2ccccc2)CC(c2cccc3ccccc23)=C1.Cl.Cl. The Kier molecular flexibility index (Phi) is 9.59. The topological polar surface area (TPSA) is 0 Å². The van der Waals surface area contributed by atoms with Gasteiger partial charge in [-0.15, -0.1) is 24.8 Å². The molecule has 4 heteroatoms. The standard InChI is InChI=1S/2C16H13.2C6H5.2ClH.Hf.H2Si/c2*1-12-9-10-14(11-12)16-8-4-6-13-5-2-3-7-15(13)16;2*1-2-4-6-5-3-1;;;;/h2*2-8,11H,10H2,1H3;2*1-5H;2*1H;;1H2. The van der Waals surface area contributed by atoms with Crippen LogP contribution in [0.25, 0.3) is 32.7 Å². The summed E-state index contributed by atoms with van der Waals surface area (Å²) in [6, 6.07) is 54.6. The van der Waals surface area contributed by atoms with Gasteiger partial charge in [-0.1, -0.05) is 0 Å². The Hall–Kier alpha value is -3.53. The molecule has 0 aliphatic heterocycles. The summed E-state index contributed by atoms with van der Waals surface area (Å²) in [5.41, 5.74) is 8.55. The minimum absolute atomic E-state index is 0. The Bertz CT molecular complexity index is 2200. The molecule has 0 bridgehead atoms. The molecule has 48 heavy (non-hydrogen) atoms. The zero-order valence-electron chi connectivity index (χ0n) is 27.4. The van der Waals surface area contributed by atoms with E-state index in [9.17, 15) is 0 Å². The minimum Gasteiger partial charge on any atom is -0.147 e. The molecule has 0 saturated heterocycles. The predicted octanol–water partition coefficient (Wildman–Crippen LogP) is 10.5. The maximum Gasteiger partial charge on any atom is -0.147 e. The number of benzene rings is 6. The zero-order chi connectivity index (χ0) is 31.3. The van der Waals surface area contributed by atoms with E-state index < -0.39 is 17.1 Å². The molecule has 6 aromatic rings. The molecule has 0 radical (unpaired) electrons. The van der Waals surface area contributed by atoms with Crippen LogP contribution in [0.2, 0.25) is 0 Å². The minimum atomic E-state index is -4.67. The molecule has 0 N–H and O–H groups in total. The van der Waals surface area contributed by atoms with Crippen molar-refractivity contribution in [3.05, 3.63) is 187 Å². The van der Waals surface area contributed by atoms with Crippen LogP contribution in [-0.2, 0) is 17.1 Å². The summed E-state index contributed by atoms with van der Waals surface area (Å²) in [6.45, 7) is 7.21. The molecule has 0 saturated carbocycles. The Morgan fingerprint density at radius 2 is 0.792 bits per heavy atom. The van der Waals surface area contributed by atoms with E-state index in [0.717, 1.165) is 12.8 Å². The van der Waals surface area contributed by atoms with Crippen LogP contribution in [0.1, 0.15) is 37.8 Å². The van der Waals surface area contributed by atoms with Crippen LogP contribution >= 0.6 is 24.8 Å². The molecule has 8 rings (SSSR count). The number of allylic oxidation sites excluding steroid dienone is 8. The van der Waals surface area contributed by atoms with Crippen molar-refractivity contribution in [3.63, 3.8) is 0 Å². The molecule has 2 aliphatic carbocycles. The van der Waals surface area contributed by atoms with Gasteiger partial charge in [0.1, 0.15) is 0 Å². The van der Waals surface area contributed by atoms with E-state index in [1.54, 1.807) is 13.3 Å². The second kappa shape index (κ2) is 13.4. The van der Waals surface area contributed by atoms with Crippen molar-refractivity contribution >= 4 is 71.1 Å². The Labute approximate surface area is 299 Å². The number of hydrogen-bond acceptors (Lipinski definition) is 0. The number of halogens is 2. The third-order valence-electron chi connectivity index (χ3n) is 10.9. The maximum absolute atomic E-state index is 4.67. The largest absolute Gasteiger partial charge is 0.147 e. The molecule has 6 aromatic carbocycles. The van der Waals surface area contributed by atoms with Crippen molar-refractivity contribution in [2.24, 2.45) is 0 Å². The smallest absolute Gasteiger partial charge is 0.147 e. The fraction of sp³-hybridized carbons (Fsp3) is 0.0909. The van der Waals surface area contributed by atoms with E-state index in [1.165, 1.54) is 55.0 Å². The average molecular weight is 846 g/mol. The summed E-state index contributed by atoms with van der Waals surface area (Å²) >= 11 is -4.67. The average Bonchev–Trinajstić information content (AvgIpc) is 3.71. The van der Waals surface area contributed by atoms with E-state index in [-0.39, 0.29) is 24.8 Å². The van der Waals surface area contributed by atoms with E-state index in [0.29, 0.717) is 0 Å². The normalized spacial score (nSPS) is 14.9. The van der Waals surface area contributed by atoms with E-state index >= 15 is 0 Å². The van der Waals surface area contributed by atoms with Crippen LogP contribution in [-0.4, -0.2) is 6.94 Å². The predicted molar refractivity (Wildman–Crippen MR) is 214 cm³/mol. The Morgan fingerprint density at radius 1 is 0.438 bits per heavy atom. The maximum atomic E-state index is 2.52. The molecule has 0 atom stereocenters. The van der Waals surface area contributed by atoms with Gasteiger partial charge >= 0.3 is 277 Å². The van der Waals surface area contributed by atoms with Gasteiger partial charge in [0, 0.05) is 0 Å². The van der Waals surface area contributed by atoms with Crippen LogP contribution in [0.5, 0.6) is 0 Å². The molecule has 0 heterocycles. The van der Waals surface area contributed by atoms with Crippen LogP contribution in [0, 0.1) is 0 Å². The second-order valence-electron chi connectivity index (χ2n) is 13.3. The van der Waals surface area contributed by atoms with Gasteiger partial charge in [0.2, 0.25) is 0 Å². The fourth-order valence-electron chi connectivity index (χ4n) is 8.73. The second-order valence-corrected chi connectivity index (χ2v) is 43.8. The Morgan fingerprint density at radius 3 is 1.21 bits per heavy atom. The van der Waals surface area contributed by atoms with Crippen LogP contribution in [0.4, 0.5) is 0 Å². The summed E-state index contributed by atoms with van der Waals surface area (Å²) in [4.78, 5) is 0. The molecule has 2 aliphatic rings. The molecule has 0 unspecified atom stereocenters. The van der Waals surface area contributed by atoms with Gasteiger partial charge in [-0.05, 0) is 0 Å². The Balaban J connectivity index is 0.00000201. The summed E-state index contributed by atoms with van der Waals surface area (Å²) in [7, 11) is 0. The summed E-state index contributed by atoms with van der Waals surface area (Å²) in [6.07, 6.45) is 7.03. The molecular formula is C44H40Cl2HfSi. The molecule has 0 fully saturated rings. The van der Waals surface area contributed by atoms with Crippen molar-refractivity contribution in [2.75, 3.05) is 0 Å². The van der Waals surface area contributed by atoms with Gasteiger partial charge in [0.15, 0.2) is 0 Å².